The van der Waals surface area contributed by atoms with E-state index in [-0.39, 0.29) is 12.0 Å². The van der Waals surface area contributed by atoms with Crippen LogP contribution < -0.4 is 4.74 Å². The molecule has 2 fully saturated rings. The summed E-state index contributed by atoms with van der Waals surface area (Å²) in [5.41, 5.74) is 0.757. The molecule has 1 aliphatic carbocycles. The molecule has 1 aromatic heterocycles. The first-order valence-electron chi connectivity index (χ1n) is 12.0. The second-order valence-corrected chi connectivity index (χ2v) is 9.36. The largest absolute Gasteiger partial charge is 0.497 e. The van der Waals surface area contributed by atoms with Gasteiger partial charge in [-0.05, 0) is 43.4 Å². The second-order valence-electron chi connectivity index (χ2n) is 9.36. The number of aliphatic carboxylic acids is 1. The number of carboxylic acids is 1. The van der Waals surface area contributed by atoms with E-state index in [4.69, 9.17) is 4.74 Å². The molecule has 2 heterocycles. The molecule has 1 aromatic carbocycles. The summed E-state index contributed by atoms with van der Waals surface area (Å²) in [7, 11) is 1.53. The first-order valence-corrected chi connectivity index (χ1v) is 12.0. The fourth-order valence-corrected chi connectivity index (χ4v) is 5.35. The number of hydrogen-bond acceptors (Lipinski definition) is 6. The molecule has 0 amide bonds. The Labute approximate surface area is 194 Å². The topological polar surface area (TPSA) is 86.1 Å². The molecule has 0 radical (unpaired) electrons. The molecular weight excluding hydrogens is 425 g/mol. The minimum absolute atomic E-state index is 0.182. The highest BCUT2D eigenvalue weighted by Crippen LogP contribution is 2.31. The second kappa shape index (κ2) is 10.8. The monoisotopic (exact) mass is 459 g/mol. The van der Waals surface area contributed by atoms with Crippen molar-refractivity contribution < 1.29 is 24.1 Å². The van der Waals surface area contributed by atoms with Crippen molar-refractivity contribution in [1.82, 2.24) is 14.8 Å². The predicted octanol–water partition coefficient (Wildman–Crippen LogP) is 3.46. The molecule has 1 aliphatic heterocycles. The SMILES string of the molecule is COc1ccc2ncc(F)c(C(O)CCN3CCN(CC4CCCCC4)C[C@@H]3C(=O)O)c2c1. The van der Waals surface area contributed by atoms with E-state index in [1.807, 2.05) is 4.90 Å². The number of aliphatic hydroxyl groups is 1. The van der Waals surface area contributed by atoms with E-state index in [9.17, 15) is 19.4 Å². The quantitative estimate of drug-likeness (QED) is 0.625. The van der Waals surface area contributed by atoms with E-state index in [0.29, 0.717) is 42.2 Å². The number of halogens is 1. The summed E-state index contributed by atoms with van der Waals surface area (Å²) in [6.45, 7) is 3.29. The zero-order valence-corrected chi connectivity index (χ0v) is 19.3. The zero-order chi connectivity index (χ0) is 23.4. The first-order chi connectivity index (χ1) is 16.0. The molecular formula is C25H34FN3O4. The van der Waals surface area contributed by atoms with E-state index < -0.39 is 23.9 Å². The third-order valence-electron chi connectivity index (χ3n) is 7.19. The van der Waals surface area contributed by atoms with Gasteiger partial charge in [-0.25, -0.2) is 4.39 Å². The number of hydrogen-bond donors (Lipinski definition) is 2. The van der Waals surface area contributed by atoms with E-state index in [1.165, 1.54) is 39.2 Å². The first kappa shape index (κ1) is 23.9. The van der Waals surface area contributed by atoms with Crippen LogP contribution in [0.25, 0.3) is 10.9 Å². The van der Waals surface area contributed by atoms with Gasteiger partial charge in [0.2, 0.25) is 0 Å². The van der Waals surface area contributed by atoms with Gasteiger partial charge in [0.15, 0.2) is 0 Å². The number of methoxy groups -OCH3 is 1. The van der Waals surface area contributed by atoms with Gasteiger partial charge in [-0.3, -0.25) is 19.6 Å². The summed E-state index contributed by atoms with van der Waals surface area (Å²) in [5.74, 6) is -0.191. The molecule has 1 saturated heterocycles. The Balaban J connectivity index is 1.42. The smallest absolute Gasteiger partial charge is 0.322 e. The van der Waals surface area contributed by atoms with Crippen molar-refractivity contribution >= 4 is 16.9 Å². The van der Waals surface area contributed by atoms with Gasteiger partial charge in [0.1, 0.15) is 17.6 Å². The number of pyridine rings is 1. The van der Waals surface area contributed by atoms with Crippen molar-refractivity contribution in [3.05, 3.63) is 35.8 Å². The predicted molar refractivity (Wildman–Crippen MR) is 124 cm³/mol. The third kappa shape index (κ3) is 5.62. The van der Waals surface area contributed by atoms with Gasteiger partial charge < -0.3 is 14.9 Å². The maximum atomic E-state index is 14.7. The molecule has 8 heteroatoms. The van der Waals surface area contributed by atoms with Crippen LogP contribution in [0.4, 0.5) is 4.39 Å². The molecule has 33 heavy (non-hydrogen) atoms. The molecule has 1 saturated carbocycles. The molecule has 7 nitrogen and oxygen atoms in total. The Morgan fingerprint density at radius 2 is 2.06 bits per heavy atom. The number of aliphatic hydroxyl groups excluding tert-OH is 1. The Hall–Kier alpha value is -2.29. The Morgan fingerprint density at radius 3 is 2.79 bits per heavy atom. The van der Waals surface area contributed by atoms with E-state index in [0.717, 1.165) is 19.3 Å². The number of nitrogens with zero attached hydrogens (tertiary/aromatic N) is 3. The van der Waals surface area contributed by atoms with Gasteiger partial charge in [-0.2, -0.15) is 0 Å². The van der Waals surface area contributed by atoms with Crippen molar-refractivity contribution in [3.63, 3.8) is 0 Å². The average Bonchev–Trinajstić information content (AvgIpc) is 2.83. The summed E-state index contributed by atoms with van der Waals surface area (Å²) in [6, 6.07) is 4.53. The highest BCUT2D eigenvalue weighted by atomic mass is 19.1. The summed E-state index contributed by atoms with van der Waals surface area (Å²) < 4.78 is 19.9. The fraction of sp³-hybridized carbons (Fsp3) is 0.600. The van der Waals surface area contributed by atoms with Crippen LogP contribution in [0.3, 0.4) is 0 Å². The molecule has 2 atom stereocenters. The van der Waals surface area contributed by atoms with Gasteiger partial charge in [0.25, 0.3) is 0 Å². The molecule has 2 N–H and O–H groups in total. The Morgan fingerprint density at radius 1 is 1.27 bits per heavy atom. The van der Waals surface area contributed by atoms with Gasteiger partial charge in [0.05, 0.1) is 24.9 Å². The van der Waals surface area contributed by atoms with Crippen LogP contribution in [0.1, 0.15) is 50.2 Å². The summed E-state index contributed by atoms with van der Waals surface area (Å²) >= 11 is 0. The molecule has 0 bridgehead atoms. The van der Waals surface area contributed by atoms with Crippen LogP contribution in [-0.4, -0.2) is 76.8 Å². The minimum atomic E-state index is -1.07. The van der Waals surface area contributed by atoms with Crippen LogP contribution in [0.2, 0.25) is 0 Å². The van der Waals surface area contributed by atoms with Crippen molar-refractivity contribution in [1.29, 1.82) is 0 Å². The average molecular weight is 460 g/mol. The lowest BCUT2D eigenvalue weighted by atomic mass is 9.88. The lowest BCUT2D eigenvalue weighted by Gasteiger charge is -2.41. The van der Waals surface area contributed by atoms with Gasteiger partial charge >= 0.3 is 5.97 Å². The summed E-state index contributed by atoms with van der Waals surface area (Å²) in [6.07, 6.45) is 6.62. The van der Waals surface area contributed by atoms with Crippen LogP contribution in [0.15, 0.2) is 24.4 Å². The highest BCUT2D eigenvalue weighted by molar-refractivity contribution is 5.84. The zero-order valence-electron chi connectivity index (χ0n) is 19.3. The fourth-order valence-electron chi connectivity index (χ4n) is 5.35. The normalized spacial score (nSPS) is 21.8. The number of carboxylic acid groups (broad SMARTS) is 1. The Bertz CT molecular complexity index is 966. The number of fused-ring (bicyclic) bond motifs is 1. The van der Waals surface area contributed by atoms with E-state index in [2.05, 4.69) is 9.88 Å². The van der Waals surface area contributed by atoms with Crippen LogP contribution in [-0.2, 0) is 4.79 Å². The van der Waals surface area contributed by atoms with Crippen molar-refractivity contribution in [3.8, 4) is 5.75 Å². The van der Waals surface area contributed by atoms with Gasteiger partial charge in [-0.15, -0.1) is 0 Å². The van der Waals surface area contributed by atoms with Crippen LogP contribution in [0, 0.1) is 11.7 Å². The lowest BCUT2D eigenvalue weighted by Crippen LogP contribution is -2.57. The van der Waals surface area contributed by atoms with Crippen molar-refractivity contribution in [2.24, 2.45) is 5.92 Å². The maximum absolute atomic E-state index is 14.7. The lowest BCUT2D eigenvalue weighted by molar-refractivity contribution is -0.146. The third-order valence-corrected chi connectivity index (χ3v) is 7.19. The summed E-state index contributed by atoms with van der Waals surface area (Å²) in [5, 5.41) is 21.2. The van der Waals surface area contributed by atoms with Crippen LogP contribution >= 0.6 is 0 Å². The van der Waals surface area contributed by atoms with Crippen molar-refractivity contribution in [2.45, 2.75) is 50.7 Å². The van der Waals surface area contributed by atoms with Gasteiger partial charge in [0, 0.05) is 43.7 Å². The van der Waals surface area contributed by atoms with E-state index >= 15 is 0 Å². The summed E-state index contributed by atoms with van der Waals surface area (Å²) in [4.78, 5) is 20.3. The van der Waals surface area contributed by atoms with Crippen LogP contribution in [0.5, 0.6) is 5.75 Å². The Kier molecular flexibility index (Phi) is 7.78. The standard InChI is InChI=1S/C25H34FN3O4/c1-33-18-7-8-21-19(13-18)24(20(26)14-27-21)23(30)9-10-29-12-11-28(16-22(29)25(31)32)15-17-5-3-2-4-6-17/h7-8,13-14,17,22-23,30H,2-6,9-12,15-16H2,1H3,(H,31,32)/t22-,23?/m1/s1. The number of rotatable bonds is 8. The minimum Gasteiger partial charge on any atom is -0.497 e. The molecule has 4 rings (SSSR count). The van der Waals surface area contributed by atoms with Gasteiger partial charge in [-0.1, -0.05) is 19.3 Å². The maximum Gasteiger partial charge on any atom is 0.322 e. The molecule has 2 aromatic rings. The molecule has 180 valence electrons. The number of piperazine rings is 1. The highest BCUT2D eigenvalue weighted by Gasteiger charge is 2.33. The van der Waals surface area contributed by atoms with E-state index in [1.54, 1.807) is 18.2 Å². The molecule has 2 aliphatic rings. The number of ether oxygens (including phenoxy) is 1. The molecule has 1 unspecified atom stereocenters. The molecule has 0 spiro atoms. The number of aromatic nitrogens is 1. The number of benzene rings is 1. The van der Waals surface area contributed by atoms with Crippen molar-refractivity contribution in [2.75, 3.05) is 39.8 Å². The number of carbonyl (C=O) groups is 1.